The molecule has 2 aromatic rings. The van der Waals surface area contributed by atoms with E-state index in [-0.39, 0.29) is 0 Å². The number of carboxylic acids is 1. The topological polar surface area (TPSA) is 82.6 Å². The molecule has 0 aliphatic heterocycles. The first-order valence-corrected chi connectivity index (χ1v) is 8.29. The molecule has 1 aromatic carbocycles. The fourth-order valence-corrected chi connectivity index (χ4v) is 2.78. The summed E-state index contributed by atoms with van der Waals surface area (Å²) in [5.74, 6) is -1.60. The first kappa shape index (κ1) is 18.0. The average molecular weight is 332 g/mol. The van der Waals surface area contributed by atoms with Gasteiger partial charge in [-0.1, -0.05) is 26.0 Å². The van der Waals surface area contributed by atoms with Crippen LogP contribution in [0.5, 0.6) is 5.75 Å². The van der Waals surface area contributed by atoms with E-state index in [1.54, 1.807) is 6.07 Å². The third kappa shape index (κ3) is 4.58. The summed E-state index contributed by atoms with van der Waals surface area (Å²) >= 11 is 0. The number of esters is 1. The molecule has 0 aliphatic carbocycles. The fourth-order valence-electron chi connectivity index (χ4n) is 2.78. The van der Waals surface area contributed by atoms with Crippen molar-refractivity contribution in [2.45, 2.75) is 33.1 Å². The Morgan fingerprint density at radius 1 is 1.25 bits per heavy atom. The maximum absolute atomic E-state index is 11.6. The van der Waals surface area contributed by atoms with Gasteiger partial charge in [-0.25, -0.2) is 0 Å². The lowest BCUT2D eigenvalue weighted by atomic mass is 10.1. The molecular formula is C18H24N2O4. The minimum absolute atomic E-state index is 0.367. The SMILES string of the molecule is CCCN(CC)CCc1c[nH]c2c(OC(=O)CC(=O)O)cccc12. The molecule has 0 amide bonds. The van der Waals surface area contributed by atoms with Crippen molar-refractivity contribution in [3.05, 3.63) is 30.0 Å². The summed E-state index contributed by atoms with van der Waals surface area (Å²) in [7, 11) is 0. The molecule has 2 N–H and O–H groups in total. The number of hydrogen-bond donors (Lipinski definition) is 2. The number of carboxylic acid groups (broad SMARTS) is 1. The van der Waals surface area contributed by atoms with Crippen molar-refractivity contribution >= 4 is 22.8 Å². The number of nitrogens with one attached hydrogen (secondary N) is 1. The Bertz CT molecular complexity index is 708. The smallest absolute Gasteiger partial charge is 0.322 e. The van der Waals surface area contributed by atoms with E-state index in [1.165, 1.54) is 0 Å². The fraction of sp³-hybridized carbons (Fsp3) is 0.444. The number of nitrogens with zero attached hydrogens (tertiary/aromatic N) is 1. The lowest BCUT2D eigenvalue weighted by Gasteiger charge is -2.19. The molecule has 0 bridgehead atoms. The molecule has 0 saturated heterocycles. The predicted molar refractivity (Wildman–Crippen MR) is 92.3 cm³/mol. The Labute approximate surface area is 141 Å². The molecule has 1 aromatic heterocycles. The molecule has 6 nitrogen and oxygen atoms in total. The molecule has 0 radical (unpaired) electrons. The van der Waals surface area contributed by atoms with Crippen LogP contribution in [0.2, 0.25) is 0 Å². The van der Waals surface area contributed by atoms with Crippen LogP contribution in [-0.4, -0.2) is 46.6 Å². The zero-order valence-electron chi connectivity index (χ0n) is 14.2. The van der Waals surface area contributed by atoms with Crippen LogP contribution in [0.4, 0.5) is 0 Å². The summed E-state index contributed by atoms with van der Waals surface area (Å²) in [6, 6.07) is 5.45. The number of carbonyl (C=O) groups excluding carboxylic acids is 1. The summed E-state index contributed by atoms with van der Waals surface area (Å²) in [5.41, 5.74) is 1.89. The molecule has 1 heterocycles. The maximum Gasteiger partial charge on any atom is 0.322 e. The molecule has 0 saturated carbocycles. The van der Waals surface area contributed by atoms with E-state index in [9.17, 15) is 9.59 Å². The predicted octanol–water partition coefficient (Wildman–Crippen LogP) is 2.82. The molecular weight excluding hydrogens is 308 g/mol. The Balaban J connectivity index is 2.13. The zero-order valence-corrected chi connectivity index (χ0v) is 14.2. The van der Waals surface area contributed by atoms with E-state index >= 15 is 0 Å². The van der Waals surface area contributed by atoms with Crippen LogP contribution in [0.1, 0.15) is 32.3 Å². The molecule has 0 spiro atoms. The van der Waals surface area contributed by atoms with Gasteiger partial charge in [0.15, 0.2) is 5.75 Å². The number of aliphatic carboxylic acids is 1. The summed E-state index contributed by atoms with van der Waals surface area (Å²) in [6.45, 7) is 7.41. The van der Waals surface area contributed by atoms with Gasteiger partial charge < -0.3 is 19.7 Å². The number of carbonyl (C=O) groups is 2. The minimum atomic E-state index is -1.20. The van der Waals surface area contributed by atoms with Gasteiger partial charge in [0.2, 0.25) is 0 Å². The second kappa shape index (κ2) is 8.49. The summed E-state index contributed by atoms with van der Waals surface area (Å²) in [6.07, 6.45) is 3.32. The van der Waals surface area contributed by atoms with Crippen LogP contribution in [-0.2, 0) is 16.0 Å². The highest BCUT2D eigenvalue weighted by Crippen LogP contribution is 2.28. The zero-order chi connectivity index (χ0) is 17.5. The molecule has 0 unspecified atom stereocenters. The Morgan fingerprint density at radius 3 is 2.71 bits per heavy atom. The number of rotatable bonds is 9. The number of aromatic amines is 1. The van der Waals surface area contributed by atoms with E-state index in [1.807, 2.05) is 18.3 Å². The van der Waals surface area contributed by atoms with Crippen molar-refractivity contribution in [3.8, 4) is 5.75 Å². The quantitative estimate of drug-likeness (QED) is 0.419. The van der Waals surface area contributed by atoms with Crippen LogP contribution in [0, 0.1) is 0 Å². The van der Waals surface area contributed by atoms with Crippen molar-refractivity contribution in [1.82, 2.24) is 9.88 Å². The van der Waals surface area contributed by atoms with Gasteiger partial charge in [0.25, 0.3) is 0 Å². The normalized spacial score (nSPS) is 11.1. The highest BCUT2D eigenvalue weighted by Gasteiger charge is 2.14. The van der Waals surface area contributed by atoms with Gasteiger partial charge in [0, 0.05) is 18.1 Å². The van der Waals surface area contributed by atoms with Gasteiger partial charge in [-0.2, -0.15) is 0 Å². The number of aromatic nitrogens is 1. The number of hydrogen-bond acceptors (Lipinski definition) is 4. The van der Waals surface area contributed by atoms with Crippen molar-refractivity contribution in [1.29, 1.82) is 0 Å². The van der Waals surface area contributed by atoms with E-state index in [0.29, 0.717) is 5.75 Å². The third-order valence-corrected chi connectivity index (χ3v) is 3.97. The molecule has 130 valence electrons. The van der Waals surface area contributed by atoms with E-state index < -0.39 is 18.4 Å². The minimum Gasteiger partial charge on any atom is -0.481 e. The highest BCUT2D eigenvalue weighted by molar-refractivity contribution is 5.94. The van der Waals surface area contributed by atoms with E-state index in [0.717, 1.165) is 48.9 Å². The number of fused-ring (bicyclic) bond motifs is 1. The molecule has 24 heavy (non-hydrogen) atoms. The maximum atomic E-state index is 11.6. The van der Waals surface area contributed by atoms with E-state index in [2.05, 4.69) is 23.7 Å². The molecule has 0 aliphatic rings. The Hall–Kier alpha value is -2.34. The summed E-state index contributed by atoms with van der Waals surface area (Å²) < 4.78 is 5.18. The van der Waals surface area contributed by atoms with E-state index in [4.69, 9.17) is 9.84 Å². The van der Waals surface area contributed by atoms with Crippen LogP contribution in [0.3, 0.4) is 0 Å². The summed E-state index contributed by atoms with van der Waals surface area (Å²) in [4.78, 5) is 27.7. The second-order valence-corrected chi connectivity index (χ2v) is 5.72. The molecule has 6 heteroatoms. The molecule has 0 atom stereocenters. The monoisotopic (exact) mass is 332 g/mol. The van der Waals surface area contributed by atoms with Gasteiger partial charge in [-0.05, 0) is 37.6 Å². The highest BCUT2D eigenvalue weighted by atomic mass is 16.5. The van der Waals surface area contributed by atoms with Gasteiger partial charge in [0.1, 0.15) is 6.42 Å². The average Bonchev–Trinajstić information content (AvgIpc) is 2.95. The largest absolute Gasteiger partial charge is 0.481 e. The second-order valence-electron chi connectivity index (χ2n) is 5.72. The lowest BCUT2D eigenvalue weighted by Crippen LogP contribution is -2.26. The van der Waals surface area contributed by atoms with Gasteiger partial charge in [0.05, 0.1) is 5.52 Å². The molecule has 0 fully saturated rings. The van der Waals surface area contributed by atoms with Gasteiger partial charge in [-0.15, -0.1) is 0 Å². The van der Waals surface area contributed by atoms with Crippen molar-refractivity contribution in [2.75, 3.05) is 19.6 Å². The summed E-state index contributed by atoms with van der Waals surface area (Å²) in [5, 5.41) is 9.66. The van der Waals surface area contributed by atoms with Crippen molar-refractivity contribution in [2.24, 2.45) is 0 Å². The number of likely N-dealkylation sites (N-methyl/N-ethyl adjacent to an activating group) is 1. The van der Waals surface area contributed by atoms with Crippen LogP contribution in [0.15, 0.2) is 24.4 Å². The van der Waals surface area contributed by atoms with Crippen LogP contribution < -0.4 is 4.74 Å². The number of ether oxygens (including phenoxy) is 1. The Kier molecular flexibility index (Phi) is 6.37. The van der Waals surface area contributed by atoms with Crippen molar-refractivity contribution < 1.29 is 19.4 Å². The lowest BCUT2D eigenvalue weighted by molar-refractivity contribution is -0.145. The number of H-pyrrole nitrogens is 1. The van der Waals surface area contributed by atoms with Crippen LogP contribution in [0.25, 0.3) is 10.9 Å². The number of benzene rings is 1. The van der Waals surface area contributed by atoms with Crippen LogP contribution >= 0.6 is 0 Å². The van der Waals surface area contributed by atoms with Crippen molar-refractivity contribution in [3.63, 3.8) is 0 Å². The van der Waals surface area contributed by atoms with Gasteiger partial charge >= 0.3 is 11.9 Å². The first-order valence-electron chi connectivity index (χ1n) is 8.29. The standard InChI is InChI=1S/C18H24N2O4/c1-3-9-20(4-2)10-8-13-12-19-18-14(13)6-5-7-15(18)24-17(23)11-16(21)22/h5-7,12,19H,3-4,8-11H2,1-2H3,(H,21,22). The Morgan fingerprint density at radius 2 is 2.04 bits per heavy atom. The third-order valence-electron chi connectivity index (χ3n) is 3.97. The number of para-hydroxylation sites is 1. The first-order chi connectivity index (χ1) is 11.5. The van der Waals surface area contributed by atoms with Gasteiger partial charge in [-0.3, -0.25) is 9.59 Å². The molecule has 2 rings (SSSR count).